The maximum Gasteiger partial charge on any atom is -0.0254 e. The van der Waals surface area contributed by atoms with Crippen LogP contribution in [0.25, 0.3) is 6.08 Å². The van der Waals surface area contributed by atoms with E-state index in [-0.39, 0.29) is 0 Å². The Hall–Kier alpha value is -1.30. The van der Waals surface area contributed by atoms with Crippen LogP contribution in [0.3, 0.4) is 0 Å². The van der Waals surface area contributed by atoms with Gasteiger partial charge in [0, 0.05) is 0 Å². The SMILES string of the molecule is C1=C/C(=C\c2ccccc2)CCCC1. The number of benzene rings is 1. The molecule has 0 saturated heterocycles. The van der Waals surface area contributed by atoms with Crippen molar-refractivity contribution in [1.82, 2.24) is 0 Å². The van der Waals surface area contributed by atoms with Crippen molar-refractivity contribution in [3.63, 3.8) is 0 Å². The molecular weight excluding hydrogens is 168 g/mol. The molecule has 1 aromatic rings. The van der Waals surface area contributed by atoms with Crippen LogP contribution < -0.4 is 0 Å². The Morgan fingerprint density at radius 2 is 1.86 bits per heavy atom. The van der Waals surface area contributed by atoms with Crippen molar-refractivity contribution in [3.05, 3.63) is 53.6 Å². The predicted molar refractivity (Wildman–Crippen MR) is 62.0 cm³/mol. The van der Waals surface area contributed by atoms with Gasteiger partial charge in [-0.05, 0) is 36.8 Å². The Balaban J connectivity index is 2.17. The fourth-order valence-corrected chi connectivity index (χ4v) is 1.79. The van der Waals surface area contributed by atoms with Gasteiger partial charge in [-0.3, -0.25) is 0 Å². The van der Waals surface area contributed by atoms with E-state index >= 15 is 0 Å². The van der Waals surface area contributed by atoms with Crippen molar-refractivity contribution in [2.45, 2.75) is 25.7 Å². The van der Waals surface area contributed by atoms with Crippen molar-refractivity contribution < 1.29 is 0 Å². The van der Waals surface area contributed by atoms with E-state index in [2.05, 4.69) is 48.6 Å². The highest BCUT2D eigenvalue weighted by Crippen LogP contribution is 2.18. The first kappa shape index (κ1) is 9.26. The molecule has 0 spiro atoms. The molecule has 72 valence electrons. The largest absolute Gasteiger partial charge is 0.0843 e. The monoisotopic (exact) mass is 184 g/mol. The molecule has 0 aliphatic heterocycles. The topological polar surface area (TPSA) is 0 Å². The quantitative estimate of drug-likeness (QED) is 0.613. The zero-order valence-electron chi connectivity index (χ0n) is 8.45. The molecule has 1 aliphatic rings. The molecule has 0 nitrogen and oxygen atoms in total. The Kier molecular flexibility index (Phi) is 3.18. The minimum absolute atomic E-state index is 1.23. The summed E-state index contributed by atoms with van der Waals surface area (Å²) in [5.74, 6) is 0. The molecule has 14 heavy (non-hydrogen) atoms. The van der Waals surface area contributed by atoms with Crippen LogP contribution in [0.5, 0.6) is 0 Å². The van der Waals surface area contributed by atoms with Gasteiger partial charge in [0.05, 0.1) is 0 Å². The normalized spacial score (nSPS) is 19.6. The van der Waals surface area contributed by atoms with Crippen LogP contribution >= 0.6 is 0 Å². The average Bonchev–Trinajstić information content (AvgIpc) is 2.48. The Labute approximate surface area is 86.0 Å². The summed E-state index contributed by atoms with van der Waals surface area (Å²) in [6, 6.07) is 10.6. The molecule has 0 heteroatoms. The molecule has 1 aliphatic carbocycles. The lowest BCUT2D eigenvalue weighted by molar-refractivity contribution is 0.767. The van der Waals surface area contributed by atoms with E-state index in [4.69, 9.17) is 0 Å². The number of hydrogen-bond donors (Lipinski definition) is 0. The summed E-state index contributed by atoms with van der Waals surface area (Å²) in [6.07, 6.45) is 12.0. The molecule has 0 amide bonds. The maximum absolute atomic E-state index is 2.29. The third-order valence-corrected chi connectivity index (χ3v) is 2.57. The molecule has 0 heterocycles. The van der Waals surface area contributed by atoms with E-state index in [1.54, 1.807) is 0 Å². The molecule has 0 fully saturated rings. The van der Waals surface area contributed by atoms with Gasteiger partial charge in [0.25, 0.3) is 0 Å². The van der Waals surface area contributed by atoms with Crippen molar-refractivity contribution in [3.8, 4) is 0 Å². The third kappa shape index (κ3) is 2.59. The van der Waals surface area contributed by atoms with Crippen molar-refractivity contribution in [2.24, 2.45) is 0 Å². The summed E-state index contributed by atoms with van der Waals surface area (Å²) in [5.41, 5.74) is 2.78. The minimum Gasteiger partial charge on any atom is -0.0843 e. The molecule has 0 atom stereocenters. The van der Waals surface area contributed by atoms with Gasteiger partial charge in [0.2, 0.25) is 0 Å². The fraction of sp³-hybridized carbons (Fsp3) is 0.286. The van der Waals surface area contributed by atoms with Crippen molar-refractivity contribution in [2.75, 3.05) is 0 Å². The van der Waals surface area contributed by atoms with Gasteiger partial charge in [0.15, 0.2) is 0 Å². The van der Waals surface area contributed by atoms with Crippen molar-refractivity contribution >= 4 is 6.08 Å². The van der Waals surface area contributed by atoms with Crippen LogP contribution in [0, 0.1) is 0 Å². The summed E-state index contributed by atoms with van der Waals surface area (Å²) in [7, 11) is 0. The average molecular weight is 184 g/mol. The van der Waals surface area contributed by atoms with E-state index in [1.807, 2.05) is 0 Å². The van der Waals surface area contributed by atoms with Crippen LogP contribution in [0.15, 0.2) is 48.1 Å². The fourth-order valence-electron chi connectivity index (χ4n) is 1.79. The van der Waals surface area contributed by atoms with E-state index in [0.29, 0.717) is 0 Å². The van der Waals surface area contributed by atoms with E-state index < -0.39 is 0 Å². The molecule has 0 radical (unpaired) electrons. The molecule has 0 bridgehead atoms. The number of allylic oxidation sites excluding steroid dienone is 3. The summed E-state index contributed by atoms with van der Waals surface area (Å²) in [5, 5.41) is 0. The second kappa shape index (κ2) is 4.80. The Morgan fingerprint density at radius 1 is 1.00 bits per heavy atom. The molecule has 0 saturated carbocycles. The third-order valence-electron chi connectivity index (χ3n) is 2.57. The zero-order chi connectivity index (χ0) is 9.64. The highest BCUT2D eigenvalue weighted by atomic mass is 14.0. The summed E-state index contributed by atoms with van der Waals surface area (Å²) in [6.45, 7) is 0. The maximum atomic E-state index is 2.29. The molecule has 2 rings (SSSR count). The number of rotatable bonds is 1. The van der Waals surface area contributed by atoms with Crippen LogP contribution in [0.2, 0.25) is 0 Å². The predicted octanol–water partition coefficient (Wildman–Crippen LogP) is 4.20. The highest BCUT2D eigenvalue weighted by molar-refractivity contribution is 5.55. The van der Waals surface area contributed by atoms with E-state index in [1.165, 1.54) is 36.8 Å². The first-order valence-corrected chi connectivity index (χ1v) is 5.37. The lowest BCUT2D eigenvalue weighted by Gasteiger charge is -1.99. The Bertz CT molecular complexity index is 330. The Morgan fingerprint density at radius 3 is 2.71 bits per heavy atom. The lowest BCUT2D eigenvalue weighted by atomic mass is 10.1. The molecule has 0 aromatic heterocycles. The van der Waals surface area contributed by atoms with Gasteiger partial charge in [-0.1, -0.05) is 48.6 Å². The highest BCUT2D eigenvalue weighted by Gasteiger charge is 1.98. The second-order valence-electron chi connectivity index (χ2n) is 3.78. The minimum atomic E-state index is 1.23. The van der Waals surface area contributed by atoms with Gasteiger partial charge in [-0.2, -0.15) is 0 Å². The van der Waals surface area contributed by atoms with Gasteiger partial charge < -0.3 is 0 Å². The smallest absolute Gasteiger partial charge is 0.0254 e. The second-order valence-corrected chi connectivity index (χ2v) is 3.78. The van der Waals surface area contributed by atoms with Crippen molar-refractivity contribution in [1.29, 1.82) is 0 Å². The van der Waals surface area contributed by atoms with Crippen LogP contribution in [-0.2, 0) is 0 Å². The molecule has 0 unspecified atom stereocenters. The molecule has 0 N–H and O–H groups in total. The van der Waals surface area contributed by atoms with Gasteiger partial charge in [-0.25, -0.2) is 0 Å². The molecular formula is C14H16. The lowest BCUT2D eigenvalue weighted by Crippen LogP contribution is -1.78. The van der Waals surface area contributed by atoms with Crippen LogP contribution in [-0.4, -0.2) is 0 Å². The zero-order valence-corrected chi connectivity index (χ0v) is 8.45. The first-order chi connectivity index (χ1) is 6.95. The summed E-state index contributed by atoms with van der Waals surface area (Å²) in [4.78, 5) is 0. The van der Waals surface area contributed by atoms with Crippen LogP contribution in [0.4, 0.5) is 0 Å². The standard InChI is InChI=1S/C14H16/c1-2-5-9-13(8-4-1)12-14-10-6-3-7-11-14/h3-4,6-8,10-12H,1-2,5,9H2/b13-12+. The van der Waals surface area contributed by atoms with E-state index in [9.17, 15) is 0 Å². The van der Waals surface area contributed by atoms with Gasteiger partial charge in [-0.15, -0.1) is 0 Å². The first-order valence-electron chi connectivity index (χ1n) is 5.37. The van der Waals surface area contributed by atoms with Gasteiger partial charge >= 0.3 is 0 Å². The summed E-state index contributed by atoms with van der Waals surface area (Å²) >= 11 is 0. The van der Waals surface area contributed by atoms with E-state index in [0.717, 1.165) is 0 Å². The molecule has 1 aromatic carbocycles. The summed E-state index contributed by atoms with van der Waals surface area (Å²) < 4.78 is 0. The van der Waals surface area contributed by atoms with Crippen LogP contribution in [0.1, 0.15) is 31.2 Å². The number of hydrogen-bond acceptors (Lipinski definition) is 0. The van der Waals surface area contributed by atoms with Gasteiger partial charge in [0.1, 0.15) is 0 Å².